The number of amides is 2. The summed E-state index contributed by atoms with van der Waals surface area (Å²) in [6, 6.07) is 3.61. The van der Waals surface area contributed by atoms with Crippen LogP contribution >= 0.6 is 0 Å². The molecule has 2 aromatic rings. The number of nitrogens with one attached hydrogen (secondary N) is 1. The van der Waals surface area contributed by atoms with Crippen LogP contribution in [0.15, 0.2) is 28.9 Å². The number of aromatic nitrogens is 2. The SMILES string of the molecule is COC[C@@H](NC(=O)N1CCC[C@H](n2cc(C)cn2)C1)c1ccc(C)o1. The molecule has 3 heterocycles. The number of rotatable bonds is 5. The van der Waals surface area contributed by atoms with Crippen molar-refractivity contribution in [2.75, 3.05) is 26.8 Å². The van der Waals surface area contributed by atoms with Crippen molar-refractivity contribution in [3.8, 4) is 0 Å². The quantitative estimate of drug-likeness (QED) is 0.903. The third kappa shape index (κ3) is 4.22. The minimum Gasteiger partial charge on any atom is -0.464 e. The minimum absolute atomic E-state index is 0.0929. The fraction of sp³-hybridized carbons (Fsp3) is 0.556. The van der Waals surface area contributed by atoms with E-state index in [1.54, 1.807) is 7.11 Å². The van der Waals surface area contributed by atoms with Gasteiger partial charge >= 0.3 is 6.03 Å². The lowest BCUT2D eigenvalue weighted by Gasteiger charge is -2.33. The summed E-state index contributed by atoms with van der Waals surface area (Å²) in [7, 11) is 1.62. The van der Waals surface area contributed by atoms with Crippen molar-refractivity contribution < 1.29 is 13.9 Å². The molecule has 0 aliphatic carbocycles. The van der Waals surface area contributed by atoms with E-state index in [2.05, 4.69) is 10.4 Å². The normalized spacial score (nSPS) is 19.0. The van der Waals surface area contributed by atoms with Gasteiger partial charge in [-0.25, -0.2) is 4.79 Å². The molecule has 1 aliphatic heterocycles. The molecule has 2 amide bonds. The molecule has 1 N–H and O–H groups in total. The fourth-order valence-electron chi connectivity index (χ4n) is 3.23. The van der Waals surface area contributed by atoms with Crippen LogP contribution in [0.4, 0.5) is 4.79 Å². The molecule has 1 fully saturated rings. The minimum atomic E-state index is -0.293. The van der Waals surface area contributed by atoms with Crippen LogP contribution in [0.1, 0.15) is 42.0 Å². The van der Waals surface area contributed by atoms with Gasteiger partial charge in [-0.3, -0.25) is 4.68 Å². The summed E-state index contributed by atoms with van der Waals surface area (Å²) in [4.78, 5) is 14.6. The number of hydrogen-bond donors (Lipinski definition) is 1. The first-order valence-electron chi connectivity index (χ1n) is 8.68. The standard InChI is InChI=1S/C18H26N4O3/c1-13-9-19-22(10-13)15-5-4-8-21(11-15)18(23)20-16(12-24-3)17-7-6-14(2)25-17/h6-7,9-10,15-16H,4-5,8,11-12H2,1-3H3,(H,20,23)/t15-,16+/m0/s1. The van der Waals surface area contributed by atoms with Crippen LogP contribution in [0.25, 0.3) is 0 Å². The predicted octanol–water partition coefficient (Wildman–Crippen LogP) is 2.83. The van der Waals surface area contributed by atoms with Gasteiger partial charge < -0.3 is 19.4 Å². The Morgan fingerprint density at radius 1 is 1.48 bits per heavy atom. The van der Waals surface area contributed by atoms with Crippen molar-refractivity contribution in [1.82, 2.24) is 20.0 Å². The Bertz CT molecular complexity index is 709. The highest BCUT2D eigenvalue weighted by molar-refractivity contribution is 5.74. The zero-order valence-corrected chi connectivity index (χ0v) is 15.1. The van der Waals surface area contributed by atoms with E-state index in [-0.39, 0.29) is 18.1 Å². The smallest absolute Gasteiger partial charge is 0.318 e. The number of ether oxygens (including phenoxy) is 1. The second-order valence-electron chi connectivity index (χ2n) is 6.65. The zero-order valence-electron chi connectivity index (χ0n) is 15.1. The Morgan fingerprint density at radius 2 is 2.32 bits per heavy atom. The lowest BCUT2D eigenvalue weighted by Crippen LogP contribution is -2.47. The van der Waals surface area contributed by atoms with E-state index in [0.29, 0.717) is 18.9 Å². The van der Waals surface area contributed by atoms with E-state index in [9.17, 15) is 4.79 Å². The van der Waals surface area contributed by atoms with E-state index in [0.717, 1.165) is 30.7 Å². The van der Waals surface area contributed by atoms with Gasteiger partial charge in [0.15, 0.2) is 0 Å². The van der Waals surface area contributed by atoms with Crippen molar-refractivity contribution in [3.63, 3.8) is 0 Å². The Labute approximate surface area is 147 Å². The van der Waals surface area contributed by atoms with E-state index in [4.69, 9.17) is 9.15 Å². The maximum atomic E-state index is 12.7. The molecule has 2 aromatic heterocycles. The number of methoxy groups -OCH3 is 1. The highest BCUT2D eigenvalue weighted by Gasteiger charge is 2.27. The molecule has 0 radical (unpaired) electrons. The first-order valence-corrected chi connectivity index (χ1v) is 8.68. The van der Waals surface area contributed by atoms with Crippen molar-refractivity contribution >= 4 is 6.03 Å². The lowest BCUT2D eigenvalue weighted by molar-refractivity contribution is 0.135. The third-order valence-corrected chi connectivity index (χ3v) is 4.52. The van der Waals surface area contributed by atoms with Crippen LogP contribution in [0, 0.1) is 13.8 Å². The molecule has 1 saturated heterocycles. The zero-order chi connectivity index (χ0) is 17.8. The summed E-state index contributed by atoms with van der Waals surface area (Å²) < 4.78 is 12.9. The summed E-state index contributed by atoms with van der Waals surface area (Å²) >= 11 is 0. The van der Waals surface area contributed by atoms with Gasteiger partial charge in [0, 0.05) is 26.4 Å². The summed E-state index contributed by atoms with van der Waals surface area (Å²) in [5.41, 5.74) is 1.13. The van der Waals surface area contributed by atoms with Crippen molar-refractivity contribution in [2.45, 2.75) is 38.8 Å². The van der Waals surface area contributed by atoms with Gasteiger partial charge in [-0.05, 0) is 44.4 Å². The number of hydrogen-bond acceptors (Lipinski definition) is 4. The van der Waals surface area contributed by atoms with Gasteiger partial charge in [-0.2, -0.15) is 5.10 Å². The molecule has 25 heavy (non-hydrogen) atoms. The number of carbonyl (C=O) groups is 1. The van der Waals surface area contributed by atoms with Crippen LogP contribution in [0.5, 0.6) is 0 Å². The first-order chi connectivity index (χ1) is 12.1. The van der Waals surface area contributed by atoms with E-state index in [1.807, 2.05) is 48.0 Å². The second-order valence-corrected chi connectivity index (χ2v) is 6.65. The number of aryl methyl sites for hydroxylation is 2. The topological polar surface area (TPSA) is 72.5 Å². The predicted molar refractivity (Wildman–Crippen MR) is 93.4 cm³/mol. The Morgan fingerprint density at radius 3 is 2.96 bits per heavy atom. The van der Waals surface area contributed by atoms with E-state index < -0.39 is 0 Å². The van der Waals surface area contributed by atoms with Gasteiger partial charge in [0.05, 0.1) is 18.8 Å². The Kier molecular flexibility index (Phi) is 5.43. The number of likely N-dealkylation sites (tertiary alicyclic amines) is 1. The summed E-state index contributed by atoms with van der Waals surface area (Å²) in [5.74, 6) is 1.53. The van der Waals surface area contributed by atoms with Gasteiger partial charge in [-0.15, -0.1) is 0 Å². The van der Waals surface area contributed by atoms with Crippen LogP contribution < -0.4 is 5.32 Å². The van der Waals surface area contributed by atoms with Gasteiger partial charge in [0.2, 0.25) is 0 Å². The number of piperidine rings is 1. The maximum absolute atomic E-state index is 12.7. The van der Waals surface area contributed by atoms with E-state index in [1.165, 1.54) is 0 Å². The molecule has 3 rings (SSSR count). The highest BCUT2D eigenvalue weighted by atomic mass is 16.5. The van der Waals surface area contributed by atoms with Gasteiger partial charge in [0.25, 0.3) is 0 Å². The first kappa shape index (κ1) is 17.5. The van der Waals surface area contributed by atoms with Crippen LogP contribution in [0.3, 0.4) is 0 Å². The molecule has 0 aromatic carbocycles. The van der Waals surface area contributed by atoms with Crippen LogP contribution in [-0.4, -0.2) is 47.5 Å². The molecular formula is C18H26N4O3. The molecule has 2 atom stereocenters. The largest absolute Gasteiger partial charge is 0.464 e. The molecule has 1 aliphatic rings. The lowest BCUT2D eigenvalue weighted by atomic mass is 10.1. The van der Waals surface area contributed by atoms with Crippen molar-refractivity contribution in [3.05, 3.63) is 41.6 Å². The molecule has 7 heteroatoms. The maximum Gasteiger partial charge on any atom is 0.318 e. The third-order valence-electron chi connectivity index (χ3n) is 4.52. The molecule has 0 bridgehead atoms. The average Bonchev–Trinajstić information content (AvgIpc) is 3.23. The molecule has 7 nitrogen and oxygen atoms in total. The number of urea groups is 1. The molecule has 0 unspecified atom stereocenters. The summed E-state index contributed by atoms with van der Waals surface area (Å²) in [5, 5.41) is 7.43. The number of nitrogens with zero attached hydrogens (tertiary/aromatic N) is 3. The van der Waals surface area contributed by atoms with E-state index >= 15 is 0 Å². The highest BCUT2D eigenvalue weighted by Crippen LogP contribution is 2.22. The van der Waals surface area contributed by atoms with Crippen LogP contribution in [0.2, 0.25) is 0 Å². The Hall–Kier alpha value is -2.28. The molecule has 136 valence electrons. The van der Waals surface area contributed by atoms with Crippen molar-refractivity contribution in [1.29, 1.82) is 0 Å². The second kappa shape index (κ2) is 7.74. The number of carbonyl (C=O) groups excluding carboxylic acids is 1. The van der Waals surface area contributed by atoms with Gasteiger partial charge in [-0.1, -0.05) is 0 Å². The molecular weight excluding hydrogens is 320 g/mol. The van der Waals surface area contributed by atoms with Gasteiger partial charge in [0.1, 0.15) is 17.6 Å². The molecule has 0 spiro atoms. The summed E-state index contributed by atoms with van der Waals surface area (Å²) in [6.45, 7) is 5.69. The number of furan rings is 1. The fourth-order valence-corrected chi connectivity index (χ4v) is 3.23. The van der Waals surface area contributed by atoms with Crippen molar-refractivity contribution in [2.24, 2.45) is 0 Å². The molecule has 0 saturated carbocycles. The monoisotopic (exact) mass is 346 g/mol. The average molecular weight is 346 g/mol. The van der Waals surface area contributed by atoms with Crippen LogP contribution in [-0.2, 0) is 4.74 Å². The summed E-state index contributed by atoms with van der Waals surface area (Å²) in [6.07, 6.45) is 5.88. The Balaban J connectivity index is 1.64.